The summed E-state index contributed by atoms with van der Waals surface area (Å²) in [5.74, 6) is -1.88. The molecular formula is C15H17F3N4O4S. The molecule has 3 rings (SSSR count). The Labute approximate surface area is 153 Å². The van der Waals surface area contributed by atoms with E-state index < -0.39 is 22.2 Å². The molecule has 1 unspecified atom stereocenters. The molecule has 1 aliphatic rings. The van der Waals surface area contributed by atoms with E-state index in [4.69, 9.17) is 9.90 Å². The van der Waals surface area contributed by atoms with Crippen LogP contribution in [0.4, 0.5) is 13.2 Å². The molecule has 12 heteroatoms. The van der Waals surface area contributed by atoms with Crippen LogP contribution in [0.1, 0.15) is 18.0 Å². The van der Waals surface area contributed by atoms with Crippen molar-refractivity contribution in [2.45, 2.75) is 18.5 Å². The van der Waals surface area contributed by atoms with Crippen molar-refractivity contribution in [1.29, 1.82) is 0 Å². The third-order valence-corrected chi connectivity index (χ3v) is 5.06. The van der Waals surface area contributed by atoms with Crippen molar-refractivity contribution >= 4 is 16.0 Å². The third-order valence-electron chi connectivity index (χ3n) is 3.79. The maximum Gasteiger partial charge on any atom is 0.490 e. The van der Waals surface area contributed by atoms with Crippen molar-refractivity contribution < 1.29 is 31.5 Å². The zero-order chi connectivity index (χ0) is 20.2. The van der Waals surface area contributed by atoms with Gasteiger partial charge in [-0.05, 0) is 18.6 Å². The predicted molar refractivity (Wildman–Crippen MR) is 89.3 cm³/mol. The van der Waals surface area contributed by atoms with Crippen LogP contribution in [-0.4, -0.2) is 64.3 Å². The highest BCUT2D eigenvalue weighted by molar-refractivity contribution is 7.88. The molecular weight excluding hydrogens is 389 g/mol. The Hall–Kier alpha value is -2.47. The molecule has 0 bridgehead atoms. The van der Waals surface area contributed by atoms with Gasteiger partial charge in [-0.15, -0.1) is 0 Å². The van der Waals surface area contributed by atoms with Gasteiger partial charge in [-0.25, -0.2) is 22.5 Å². The fourth-order valence-electron chi connectivity index (χ4n) is 2.45. The number of nitrogens with zero attached hydrogens (tertiary/aromatic N) is 3. The van der Waals surface area contributed by atoms with Crippen LogP contribution in [0.2, 0.25) is 0 Å². The number of halogens is 3. The number of carbonyl (C=O) groups is 1. The van der Waals surface area contributed by atoms with Crippen LogP contribution < -0.4 is 0 Å². The van der Waals surface area contributed by atoms with Crippen molar-refractivity contribution in [1.82, 2.24) is 19.3 Å². The number of hydrogen-bond donors (Lipinski definition) is 2. The highest BCUT2D eigenvalue weighted by atomic mass is 32.2. The second kappa shape index (κ2) is 8.05. The van der Waals surface area contributed by atoms with E-state index in [2.05, 4.69) is 15.0 Å². The van der Waals surface area contributed by atoms with Crippen molar-refractivity contribution in [2.75, 3.05) is 19.3 Å². The zero-order valence-electron chi connectivity index (χ0n) is 14.1. The Morgan fingerprint density at radius 2 is 2.04 bits per heavy atom. The monoisotopic (exact) mass is 406 g/mol. The summed E-state index contributed by atoms with van der Waals surface area (Å²) < 4.78 is 56.3. The zero-order valence-corrected chi connectivity index (χ0v) is 15.0. The van der Waals surface area contributed by atoms with Gasteiger partial charge >= 0.3 is 12.1 Å². The number of alkyl halides is 3. The number of aromatic amines is 1. The Morgan fingerprint density at radius 1 is 1.37 bits per heavy atom. The minimum atomic E-state index is -5.08. The molecule has 0 amide bonds. The molecule has 148 valence electrons. The Morgan fingerprint density at radius 3 is 2.52 bits per heavy atom. The summed E-state index contributed by atoms with van der Waals surface area (Å²) in [5, 5.41) is 7.12. The summed E-state index contributed by atoms with van der Waals surface area (Å²) in [7, 11) is -3.11. The molecule has 0 radical (unpaired) electrons. The fourth-order valence-corrected chi connectivity index (χ4v) is 3.34. The SMILES string of the molecule is CS(=O)(=O)N1CCC(c2c[nH]c(-c3ccccn3)n2)C1.O=C(O)C(F)(F)F. The topological polar surface area (TPSA) is 116 Å². The van der Waals surface area contributed by atoms with E-state index in [9.17, 15) is 21.6 Å². The van der Waals surface area contributed by atoms with Gasteiger partial charge in [0.25, 0.3) is 0 Å². The van der Waals surface area contributed by atoms with Gasteiger partial charge < -0.3 is 10.1 Å². The van der Waals surface area contributed by atoms with E-state index in [1.54, 1.807) is 6.20 Å². The first-order valence-corrected chi connectivity index (χ1v) is 9.55. The average molecular weight is 406 g/mol. The molecule has 27 heavy (non-hydrogen) atoms. The first-order valence-electron chi connectivity index (χ1n) is 7.70. The van der Waals surface area contributed by atoms with Gasteiger partial charge in [0.1, 0.15) is 5.69 Å². The maximum atomic E-state index is 11.5. The lowest BCUT2D eigenvalue weighted by Gasteiger charge is -2.11. The molecule has 0 aromatic carbocycles. The first-order chi connectivity index (χ1) is 12.5. The van der Waals surface area contributed by atoms with Gasteiger partial charge in [0.05, 0.1) is 11.9 Å². The number of carboxylic acid groups (broad SMARTS) is 1. The number of hydrogen-bond acceptors (Lipinski definition) is 5. The van der Waals surface area contributed by atoms with Gasteiger partial charge in [0.2, 0.25) is 10.0 Å². The number of rotatable bonds is 3. The van der Waals surface area contributed by atoms with Gasteiger partial charge in [0.15, 0.2) is 5.82 Å². The van der Waals surface area contributed by atoms with Crippen molar-refractivity contribution in [3.63, 3.8) is 0 Å². The van der Waals surface area contributed by atoms with Crippen LogP contribution in [-0.2, 0) is 14.8 Å². The van der Waals surface area contributed by atoms with E-state index in [1.165, 1.54) is 10.6 Å². The summed E-state index contributed by atoms with van der Waals surface area (Å²) in [6, 6.07) is 5.65. The normalized spacial score (nSPS) is 18.0. The molecule has 2 aromatic rings. The first kappa shape index (κ1) is 20.8. The summed E-state index contributed by atoms with van der Waals surface area (Å²) in [5.41, 5.74) is 1.69. The lowest BCUT2D eigenvalue weighted by Crippen LogP contribution is -2.27. The van der Waals surface area contributed by atoms with Gasteiger partial charge in [-0.2, -0.15) is 13.2 Å². The van der Waals surface area contributed by atoms with E-state index in [1.807, 2.05) is 24.4 Å². The van der Waals surface area contributed by atoms with Crippen molar-refractivity contribution in [3.8, 4) is 11.5 Å². The van der Waals surface area contributed by atoms with Crippen LogP contribution in [0, 0.1) is 0 Å². The maximum absolute atomic E-state index is 11.5. The van der Waals surface area contributed by atoms with Crippen LogP contribution in [0.5, 0.6) is 0 Å². The molecule has 1 saturated heterocycles. The number of imidazole rings is 1. The summed E-state index contributed by atoms with van der Waals surface area (Å²) in [4.78, 5) is 20.8. The van der Waals surface area contributed by atoms with E-state index in [0.717, 1.165) is 23.6 Å². The minimum Gasteiger partial charge on any atom is -0.475 e. The number of aliphatic carboxylic acids is 1. The number of nitrogens with one attached hydrogen (secondary N) is 1. The van der Waals surface area contributed by atoms with Crippen LogP contribution >= 0.6 is 0 Å². The highest BCUT2D eigenvalue weighted by Gasteiger charge is 2.38. The van der Waals surface area contributed by atoms with Crippen LogP contribution in [0.3, 0.4) is 0 Å². The predicted octanol–water partition coefficient (Wildman–Crippen LogP) is 1.85. The number of H-pyrrole nitrogens is 1. The van der Waals surface area contributed by atoms with Gasteiger partial charge in [0, 0.05) is 31.4 Å². The fraction of sp³-hybridized carbons (Fsp3) is 0.400. The molecule has 3 heterocycles. The second-order valence-corrected chi connectivity index (χ2v) is 7.78. The molecule has 0 spiro atoms. The Balaban J connectivity index is 0.000000321. The lowest BCUT2D eigenvalue weighted by atomic mass is 10.1. The smallest absolute Gasteiger partial charge is 0.475 e. The highest BCUT2D eigenvalue weighted by Crippen LogP contribution is 2.28. The average Bonchev–Trinajstić information content (AvgIpc) is 3.24. The molecule has 1 aliphatic heterocycles. The number of carboxylic acids is 1. The van der Waals surface area contributed by atoms with Gasteiger partial charge in [-0.3, -0.25) is 4.98 Å². The van der Waals surface area contributed by atoms with E-state index >= 15 is 0 Å². The molecule has 1 fully saturated rings. The molecule has 8 nitrogen and oxygen atoms in total. The summed E-state index contributed by atoms with van der Waals surface area (Å²) >= 11 is 0. The van der Waals surface area contributed by atoms with E-state index in [-0.39, 0.29) is 5.92 Å². The standard InChI is InChI=1S/C13H16N4O2S.C2HF3O2/c1-20(18,19)17-7-5-10(9-17)12-8-15-13(16-12)11-4-2-3-6-14-11;3-2(4,5)1(6)7/h2-4,6,8,10H,5,7,9H2,1H3,(H,15,16);(H,6,7). The lowest BCUT2D eigenvalue weighted by molar-refractivity contribution is -0.192. The molecule has 1 atom stereocenters. The third kappa shape index (κ3) is 5.76. The van der Waals surface area contributed by atoms with Crippen LogP contribution in [0.15, 0.2) is 30.6 Å². The molecule has 2 N–H and O–H groups in total. The molecule has 2 aromatic heterocycles. The summed E-state index contributed by atoms with van der Waals surface area (Å²) in [6.07, 6.45) is 0.539. The summed E-state index contributed by atoms with van der Waals surface area (Å²) in [6.45, 7) is 1.07. The Bertz CT molecular complexity index is 884. The quantitative estimate of drug-likeness (QED) is 0.804. The molecule has 0 saturated carbocycles. The minimum absolute atomic E-state index is 0.151. The van der Waals surface area contributed by atoms with Gasteiger partial charge in [-0.1, -0.05) is 6.07 Å². The van der Waals surface area contributed by atoms with E-state index in [0.29, 0.717) is 13.1 Å². The largest absolute Gasteiger partial charge is 0.490 e. The second-order valence-electron chi connectivity index (χ2n) is 5.80. The number of pyridine rings is 1. The van der Waals surface area contributed by atoms with Crippen molar-refractivity contribution in [3.05, 3.63) is 36.3 Å². The molecule has 0 aliphatic carbocycles. The Kier molecular flexibility index (Phi) is 6.21. The number of sulfonamides is 1. The van der Waals surface area contributed by atoms with Crippen molar-refractivity contribution in [2.24, 2.45) is 0 Å². The number of aromatic nitrogens is 3. The van der Waals surface area contributed by atoms with Crippen LogP contribution in [0.25, 0.3) is 11.5 Å².